The minimum absolute atomic E-state index is 0.172. The predicted molar refractivity (Wildman–Crippen MR) is 81.0 cm³/mol. The van der Waals surface area contributed by atoms with Gasteiger partial charge in [-0.2, -0.15) is 0 Å². The lowest BCUT2D eigenvalue weighted by Gasteiger charge is -2.09. The molecule has 0 radical (unpaired) electrons. The molecule has 1 amide bonds. The topological polar surface area (TPSA) is 79.8 Å². The minimum atomic E-state index is -0.172. The Balaban J connectivity index is 2.06. The number of nitrogens with one attached hydrogen (secondary N) is 2. The summed E-state index contributed by atoms with van der Waals surface area (Å²) in [6.45, 7) is 5.04. The first kappa shape index (κ1) is 14.9. The van der Waals surface area contributed by atoms with Gasteiger partial charge in [0, 0.05) is 31.5 Å². The maximum absolute atomic E-state index is 11.9. The monoisotopic (exact) mass is 285 g/mol. The van der Waals surface area contributed by atoms with Crippen LogP contribution in [-0.4, -0.2) is 27.4 Å². The molecular formula is C15H19N5O. The van der Waals surface area contributed by atoms with Crippen LogP contribution >= 0.6 is 0 Å². The number of pyridine rings is 1. The zero-order chi connectivity index (χ0) is 15.1. The summed E-state index contributed by atoms with van der Waals surface area (Å²) in [5.41, 5.74) is 1.48. The fourth-order valence-corrected chi connectivity index (χ4v) is 1.80. The van der Waals surface area contributed by atoms with Crippen LogP contribution in [-0.2, 0) is 6.54 Å². The number of hydrogen-bond donors (Lipinski definition) is 2. The van der Waals surface area contributed by atoms with Gasteiger partial charge < -0.3 is 10.6 Å². The molecule has 2 heterocycles. The predicted octanol–water partition coefficient (Wildman–Crippen LogP) is 1.93. The SMILES string of the molecule is CCCNC(=O)c1cc(NCc2ccncc2)nc(C)n1. The highest BCUT2D eigenvalue weighted by atomic mass is 16.1. The Labute approximate surface area is 124 Å². The fourth-order valence-electron chi connectivity index (χ4n) is 1.80. The Hall–Kier alpha value is -2.50. The van der Waals surface area contributed by atoms with E-state index in [1.165, 1.54) is 0 Å². The van der Waals surface area contributed by atoms with Gasteiger partial charge in [-0.05, 0) is 31.0 Å². The van der Waals surface area contributed by atoms with Gasteiger partial charge in [0.25, 0.3) is 5.91 Å². The van der Waals surface area contributed by atoms with E-state index >= 15 is 0 Å². The molecule has 2 N–H and O–H groups in total. The molecule has 0 spiro atoms. The van der Waals surface area contributed by atoms with E-state index in [0.29, 0.717) is 30.4 Å². The molecule has 0 saturated carbocycles. The Morgan fingerprint density at radius 2 is 2.00 bits per heavy atom. The fraction of sp³-hybridized carbons (Fsp3) is 0.333. The quantitative estimate of drug-likeness (QED) is 0.847. The van der Waals surface area contributed by atoms with Crippen molar-refractivity contribution in [1.82, 2.24) is 20.3 Å². The Kier molecular flexibility index (Phi) is 5.20. The lowest BCUT2D eigenvalue weighted by molar-refractivity contribution is 0.0948. The third kappa shape index (κ3) is 4.52. The summed E-state index contributed by atoms with van der Waals surface area (Å²) in [5, 5.41) is 6.01. The van der Waals surface area contributed by atoms with Crippen LogP contribution in [0.3, 0.4) is 0 Å². The molecule has 0 fully saturated rings. The van der Waals surface area contributed by atoms with E-state index in [-0.39, 0.29) is 5.91 Å². The van der Waals surface area contributed by atoms with Crippen molar-refractivity contribution >= 4 is 11.7 Å². The molecule has 110 valence electrons. The zero-order valence-electron chi connectivity index (χ0n) is 12.3. The van der Waals surface area contributed by atoms with E-state index in [2.05, 4.69) is 25.6 Å². The van der Waals surface area contributed by atoms with Crippen LogP contribution in [0.2, 0.25) is 0 Å². The van der Waals surface area contributed by atoms with Gasteiger partial charge in [0.1, 0.15) is 17.3 Å². The van der Waals surface area contributed by atoms with Crippen LogP contribution in [0, 0.1) is 6.92 Å². The average Bonchev–Trinajstić information content (AvgIpc) is 2.51. The van der Waals surface area contributed by atoms with E-state index in [1.54, 1.807) is 25.4 Å². The van der Waals surface area contributed by atoms with Crippen molar-refractivity contribution in [2.75, 3.05) is 11.9 Å². The maximum atomic E-state index is 11.9. The van der Waals surface area contributed by atoms with Gasteiger partial charge in [-0.1, -0.05) is 6.92 Å². The maximum Gasteiger partial charge on any atom is 0.270 e. The first-order chi connectivity index (χ1) is 10.2. The summed E-state index contributed by atoms with van der Waals surface area (Å²) in [5.74, 6) is 1.03. The Bertz CT molecular complexity index is 600. The van der Waals surface area contributed by atoms with E-state index in [9.17, 15) is 4.79 Å². The van der Waals surface area contributed by atoms with Crippen LogP contribution in [0.15, 0.2) is 30.6 Å². The lowest BCUT2D eigenvalue weighted by atomic mass is 10.2. The second-order valence-corrected chi connectivity index (χ2v) is 4.65. The third-order valence-electron chi connectivity index (χ3n) is 2.83. The van der Waals surface area contributed by atoms with Crippen LogP contribution in [0.1, 0.15) is 35.2 Å². The molecular weight excluding hydrogens is 266 g/mol. The number of hydrogen-bond acceptors (Lipinski definition) is 5. The molecule has 21 heavy (non-hydrogen) atoms. The van der Waals surface area contributed by atoms with E-state index < -0.39 is 0 Å². The number of amides is 1. The molecule has 2 aromatic heterocycles. The zero-order valence-corrected chi connectivity index (χ0v) is 12.3. The lowest BCUT2D eigenvalue weighted by Crippen LogP contribution is -2.25. The smallest absolute Gasteiger partial charge is 0.270 e. The van der Waals surface area contributed by atoms with Gasteiger partial charge in [0.15, 0.2) is 0 Å². The summed E-state index contributed by atoms with van der Waals surface area (Å²) in [4.78, 5) is 24.4. The molecule has 0 aliphatic rings. The molecule has 0 aromatic carbocycles. The molecule has 0 aliphatic carbocycles. The highest BCUT2D eigenvalue weighted by molar-refractivity contribution is 5.92. The summed E-state index contributed by atoms with van der Waals surface area (Å²) in [7, 11) is 0. The van der Waals surface area contributed by atoms with Crippen molar-refractivity contribution in [3.63, 3.8) is 0 Å². The number of anilines is 1. The van der Waals surface area contributed by atoms with Crippen LogP contribution in [0.25, 0.3) is 0 Å². The number of rotatable bonds is 6. The summed E-state index contributed by atoms with van der Waals surface area (Å²) in [6, 6.07) is 5.52. The van der Waals surface area contributed by atoms with Gasteiger partial charge >= 0.3 is 0 Å². The second-order valence-electron chi connectivity index (χ2n) is 4.65. The van der Waals surface area contributed by atoms with Gasteiger partial charge in [-0.15, -0.1) is 0 Å². The highest BCUT2D eigenvalue weighted by Gasteiger charge is 2.09. The summed E-state index contributed by atoms with van der Waals surface area (Å²) < 4.78 is 0. The molecule has 6 heteroatoms. The molecule has 6 nitrogen and oxygen atoms in total. The summed E-state index contributed by atoms with van der Waals surface area (Å²) in [6.07, 6.45) is 4.38. The molecule has 0 saturated heterocycles. The van der Waals surface area contributed by atoms with Crippen molar-refractivity contribution in [2.24, 2.45) is 0 Å². The molecule has 0 unspecified atom stereocenters. The van der Waals surface area contributed by atoms with E-state index in [1.807, 2.05) is 19.1 Å². The van der Waals surface area contributed by atoms with Crippen molar-refractivity contribution in [3.05, 3.63) is 47.7 Å². The number of aryl methyl sites for hydroxylation is 1. The van der Waals surface area contributed by atoms with Crippen molar-refractivity contribution in [3.8, 4) is 0 Å². The number of carbonyl (C=O) groups excluding carboxylic acids is 1. The molecule has 0 aliphatic heterocycles. The van der Waals surface area contributed by atoms with Crippen molar-refractivity contribution in [2.45, 2.75) is 26.8 Å². The van der Waals surface area contributed by atoms with Gasteiger partial charge in [0.05, 0.1) is 0 Å². The number of aromatic nitrogens is 3. The Morgan fingerprint density at radius 3 is 2.71 bits per heavy atom. The first-order valence-corrected chi connectivity index (χ1v) is 6.95. The van der Waals surface area contributed by atoms with Crippen LogP contribution in [0.4, 0.5) is 5.82 Å². The molecule has 0 atom stereocenters. The van der Waals surface area contributed by atoms with Gasteiger partial charge in [-0.3, -0.25) is 9.78 Å². The van der Waals surface area contributed by atoms with E-state index in [4.69, 9.17) is 0 Å². The largest absolute Gasteiger partial charge is 0.366 e. The van der Waals surface area contributed by atoms with Crippen LogP contribution in [0.5, 0.6) is 0 Å². The van der Waals surface area contributed by atoms with Gasteiger partial charge in [-0.25, -0.2) is 9.97 Å². The second kappa shape index (κ2) is 7.33. The highest BCUT2D eigenvalue weighted by Crippen LogP contribution is 2.09. The number of carbonyl (C=O) groups is 1. The third-order valence-corrected chi connectivity index (χ3v) is 2.83. The van der Waals surface area contributed by atoms with E-state index in [0.717, 1.165) is 12.0 Å². The van der Waals surface area contributed by atoms with Gasteiger partial charge in [0.2, 0.25) is 0 Å². The minimum Gasteiger partial charge on any atom is -0.366 e. The normalized spacial score (nSPS) is 10.2. The molecule has 2 rings (SSSR count). The molecule has 0 bridgehead atoms. The standard InChI is InChI=1S/C15H19N5O/c1-3-6-17-15(21)13-9-14(20-11(2)19-13)18-10-12-4-7-16-8-5-12/h4-5,7-9H,3,6,10H2,1-2H3,(H,17,21)(H,18,19,20). The number of nitrogens with zero attached hydrogens (tertiary/aromatic N) is 3. The average molecular weight is 285 g/mol. The van der Waals surface area contributed by atoms with Crippen molar-refractivity contribution in [1.29, 1.82) is 0 Å². The van der Waals surface area contributed by atoms with Crippen LogP contribution < -0.4 is 10.6 Å². The molecule has 2 aromatic rings. The summed E-state index contributed by atoms with van der Waals surface area (Å²) >= 11 is 0. The van der Waals surface area contributed by atoms with Crippen molar-refractivity contribution < 1.29 is 4.79 Å². The Morgan fingerprint density at radius 1 is 1.24 bits per heavy atom. The first-order valence-electron chi connectivity index (χ1n) is 6.95.